The zero-order chi connectivity index (χ0) is 20.8. The summed E-state index contributed by atoms with van der Waals surface area (Å²) in [4.78, 5) is 0. The molecule has 0 amide bonds. The highest BCUT2D eigenvalue weighted by molar-refractivity contribution is 5.53. The molecule has 5 unspecified atom stereocenters. The van der Waals surface area contributed by atoms with Crippen LogP contribution in [0.4, 0.5) is 0 Å². The molecule has 5 rings (SSSR count). The van der Waals surface area contributed by atoms with E-state index in [2.05, 4.69) is 40.0 Å². The van der Waals surface area contributed by atoms with Crippen molar-refractivity contribution in [2.75, 3.05) is 0 Å². The van der Waals surface area contributed by atoms with E-state index in [-0.39, 0.29) is 10.8 Å². The first-order valence-corrected chi connectivity index (χ1v) is 11.9. The van der Waals surface area contributed by atoms with Crippen LogP contribution in [0.3, 0.4) is 0 Å². The summed E-state index contributed by atoms with van der Waals surface area (Å²) in [5.41, 5.74) is 11.8. The summed E-state index contributed by atoms with van der Waals surface area (Å²) in [6, 6.07) is 2.85. The van der Waals surface area contributed by atoms with E-state index < -0.39 is 0 Å². The average molecular weight is 391 g/mol. The molecule has 2 nitrogen and oxygen atoms in total. The fourth-order valence-electron chi connectivity index (χ4n) is 9.32. The minimum atomic E-state index is -0.371. The molecule has 5 aliphatic rings. The van der Waals surface area contributed by atoms with Gasteiger partial charge < -0.3 is 5.73 Å². The van der Waals surface area contributed by atoms with Crippen LogP contribution in [-0.4, -0.2) is 0 Å². The van der Waals surface area contributed by atoms with Crippen molar-refractivity contribution in [3.8, 4) is 6.07 Å². The summed E-state index contributed by atoms with van der Waals surface area (Å²) >= 11 is 0. The van der Waals surface area contributed by atoms with E-state index in [0.29, 0.717) is 23.2 Å². The van der Waals surface area contributed by atoms with Gasteiger partial charge in [-0.05, 0) is 110 Å². The van der Waals surface area contributed by atoms with Crippen LogP contribution in [0.15, 0.2) is 35.6 Å². The first-order chi connectivity index (χ1) is 13.7. The van der Waals surface area contributed by atoms with Crippen molar-refractivity contribution >= 4 is 0 Å². The number of hydrogen-bond acceptors (Lipinski definition) is 2. The predicted octanol–water partition coefficient (Wildman–Crippen LogP) is 6.51. The molecule has 29 heavy (non-hydrogen) atoms. The minimum absolute atomic E-state index is 0.0671. The van der Waals surface area contributed by atoms with Gasteiger partial charge >= 0.3 is 0 Å². The molecule has 8 atom stereocenters. The summed E-state index contributed by atoms with van der Waals surface area (Å²) in [6.07, 6.45) is 10.9. The van der Waals surface area contributed by atoms with Crippen molar-refractivity contribution in [1.29, 1.82) is 5.26 Å². The zero-order valence-electron chi connectivity index (χ0n) is 18.7. The fraction of sp³-hybridized carbons (Fsp3) is 0.741. The van der Waals surface area contributed by atoms with E-state index in [0.717, 1.165) is 42.4 Å². The number of nitriles is 1. The standard InChI is InChI=1S/C27H38N2/c1-16(2)6-7-18-8-9-20-22-19-14-27(15-28)23(24(19)29)17(3)10-13-26(27,5)21(22)11-12-25(18,20)4/h18-22H,1,3,6-14,29H2,2,4-5H3/t18-,19-,20?,21?,22?,25?,26?,27+/m1/s1. The summed E-state index contributed by atoms with van der Waals surface area (Å²) in [7, 11) is 0. The normalized spacial score (nSPS) is 50.1. The van der Waals surface area contributed by atoms with Crippen LogP contribution in [-0.2, 0) is 0 Å². The van der Waals surface area contributed by atoms with Gasteiger partial charge in [-0.3, -0.25) is 0 Å². The van der Waals surface area contributed by atoms with E-state index in [1.54, 1.807) is 0 Å². The van der Waals surface area contributed by atoms with E-state index in [9.17, 15) is 5.26 Å². The quantitative estimate of drug-likeness (QED) is 0.558. The van der Waals surface area contributed by atoms with Crippen molar-refractivity contribution in [1.82, 2.24) is 0 Å². The van der Waals surface area contributed by atoms with Gasteiger partial charge in [-0.15, -0.1) is 6.58 Å². The molecule has 0 spiro atoms. The summed E-state index contributed by atoms with van der Waals surface area (Å²) in [6.45, 7) is 15.8. The Morgan fingerprint density at radius 3 is 2.66 bits per heavy atom. The molecule has 0 aliphatic heterocycles. The first kappa shape index (κ1) is 19.5. The molecule has 0 aromatic heterocycles. The minimum Gasteiger partial charge on any atom is -0.402 e. The lowest BCUT2D eigenvalue weighted by Gasteiger charge is -2.63. The van der Waals surface area contributed by atoms with Gasteiger partial charge in [0.2, 0.25) is 0 Å². The Morgan fingerprint density at radius 1 is 1.21 bits per heavy atom. The van der Waals surface area contributed by atoms with Crippen LogP contribution in [0.2, 0.25) is 0 Å². The molecule has 156 valence electrons. The van der Waals surface area contributed by atoms with Crippen LogP contribution >= 0.6 is 0 Å². The Bertz CT molecular complexity index is 858. The lowest BCUT2D eigenvalue weighted by Crippen LogP contribution is -2.58. The summed E-state index contributed by atoms with van der Waals surface area (Å²) in [5, 5.41) is 10.5. The van der Waals surface area contributed by atoms with Gasteiger partial charge in [-0.2, -0.15) is 5.26 Å². The van der Waals surface area contributed by atoms with E-state index in [1.807, 2.05) is 0 Å². The fourth-order valence-corrected chi connectivity index (χ4v) is 9.32. The maximum atomic E-state index is 10.5. The van der Waals surface area contributed by atoms with Gasteiger partial charge in [0.05, 0.1) is 11.5 Å². The Kier molecular flexibility index (Phi) is 4.05. The van der Waals surface area contributed by atoms with Crippen LogP contribution in [0.5, 0.6) is 0 Å². The maximum Gasteiger partial charge on any atom is 0.0904 e. The van der Waals surface area contributed by atoms with Crippen LogP contribution in [0.1, 0.15) is 78.6 Å². The molecule has 0 aromatic rings. The third kappa shape index (κ3) is 2.18. The Morgan fingerprint density at radius 2 is 1.97 bits per heavy atom. The van der Waals surface area contributed by atoms with E-state index in [4.69, 9.17) is 5.73 Å². The van der Waals surface area contributed by atoms with E-state index >= 15 is 0 Å². The number of hydrogen-bond donors (Lipinski definition) is 1. The second-order valence-electron chi connectivity index (χ2n) is 11.8. The molecule has 2 heteroatoms. The number of fused-ring (bicyclic) bond motifs is 6. The lowest BCUT2D eigenvalue weighted by molar-refractivity contribution is -0.125. The highest BCUT2D eigenvalue weighted by atomic mass is 14.8. The van der Waals surface area contributed by atoms with Crippen molar-refractivity contribution in [3.05, 3.63) is 35.6 Å². The third-order valence-corrected chi connectivity index (χ3v) is 10.8. The highest BCUT2D eigenvalue weighted by Crippen LogP contribution is 2.76. The van der Waals surface area contributed by atoms with Gasteiger partial charge in [0, 0.05) is 11.6 Å². The number of allylic oxidation sites excluding steroid dienone is 4. The molecule has 0 heterocycles. The number of nitrogens with two attached hydrogens (primary N) is 1. The molecule has 0 saturated heterocycles. The summed E-state index contributed by atoms with van der Waals surface area (Å²) < 4.78 is 0. The number of rotatable bonds is 3. The van der Waals surface area contributed by atoms with Crippen molar-refractivity contribution in [2.45, 2.75) is 78.6 Å². The van der Waals surface area contributed by atoms with Crippen molar-refractivity contribution in [2.24, 2.45) is 51.6 Å². The van der Waals surface area contributed by atoms with Gasteiger partial charge in [0.1, 0.15) is 0 Å². The molecular weight excluding hydrogens is 352 g/mol. The second-order valence-corrected chi connectivity index (χ2v) is 11.8. The van der Waals surface area contributed by atoms with Crippen LogP contribution in [0, 0.1) is 57.2 Å². The molecule has 4 fully saturated rings. The monoisotopic (exact) mass is 390 g/mol. The lowest BCUT2D eigenvalue weighted by atomic mass is 9.40. The molecular formula is C27H38N2. The first-order valence-electron chi connectivity index (χ1n) is 11.9. The average Bonchev–Trinajstić information content (AvgIpc) is 3.17. The number of nitrogens with zero attached hydrogens (tertiary/aromatic N) is 1. The Labute approximate surface area is 177 Å². The van der Waals surface area contributed by atoms with Crippen molar-refractivity contribution in [3.63, 3.8) is 0 Å². The predicted molar refractivity (Wildman–Crippen MR) is 118 cm³/mol. The van der Waals surface area contributed by atoms with Gasteiger partial charge in [0.25, 0.3) is 0 Å². The molecule has 5 aliphatic carbocycles. The molecule has 2 N–H and O–H groups in total. The Hall–Kier alpha value is -1.49. The zero-order valence-corrected chi connectivity index (χ0v) is 18.7. The maximum absolute atomic E-state index is 10.5. The molecule has 0 aromatic carbocycles. The SMILES string of the molecule is C=C(C)CC[C@@H]1CCC2C3C(CCC21C)C1(C)CCC(=C)C2=C(N)[C@@H]3C[C@]21C#N. The third-order valence-electron chi connectivity index (χ3n) is 10.8. The van der Waals surface area contributed by atoms with Gasteiger partial charge in [-0.25, -0.2) is 0 Å². The van der Waals surface area contributed by atoms with E-state index in [1.165, 1.54) is 49.7 Å². The highest BCUT2D eigenvalue weighted by Gasteiger charge is 2.71. The second kappa shape index (κ2) is 6.03. The molecule has 4 saturated carbocycles. The topological polar surface area (TPSA) is 49.8 Å². The smallest absolute Gasteiger partial charge is 0.0904 e. The van der Waals surface area contributed by atoms with Gasteiger partial charge in [-0.1, -0.05) is 26.0 Å². The molecule has 2 bridgehead atoms. The van der Waals surface area contributed by atoms with Gasteiger partial charge in [0.15, 0.2) is 0 Å². The Balaban J connectivity index is 1.57. The molecule has 0 radical (unpaired) electrons. The summed E-state index contributed by atoms with van der Waals surface area (Å²) in [5.74, 6) is 3.30. The van der Waals surface area contributed by atoms with Crippen molar-refractivity contribution < 1.29 is 0 Å². The van der Waals surface area contributed by atoms with Crippen LogP contribution in [0.25, 0.3) is 0 Å². The van der Waals surface area contributed by atoms with Crippen LogP contribution < -0.4 is 5.73 Å². The largest absolute Gasteiger partial charge is 0.402 e.